The van der Waals surface area contributed by atoms with Gasteiger partial charge in [-0.15, -0.1) is 0 Å². The molecule has 1 saturated heterocycles. The highest BCUT2D eigenvalue weighted by Crippen LogP contribution is 2.39. The summed E-state index contributed by atoms with van der Waals surface area (Å²) in [5.74, 6) is 2.56. The summed E-state index contributed by atoms with van der Waals surface area (Å²) in [5.41, 5.74) is 0. The van der Waals surface area contributed by atoms with E-state index in [0.717, 1.165) is 18.2 Å². The van der Waals surface area contributed by atoms with Crippen molar-refractivity contribution in [2.24, 2.45) is 11.8 Å². The molecule has 3 rings (SSSR count). The normalized spacial score (nSPS) is 30.6. The third-order valence-corrected chi connectivity index (χ3v) is 4.82. The summed E-state index contributed by atoms with van der Waals surface area (Å²) < 4.78 is 11.3. The lowest BCUT2D eigenvalue weighted by Gasteiger charge is -2.24. The van der Waals surface area contributed by atoms with E-state index >= 15 is 0 Å². The smallest absolute Gasteiger partial charge is 0.243 e. The second kappa shape index (κ2) is 6.44. The molecule has 2 aliphatic rings. The first-order valence-electron chi connectivity index (χ1n) is 8.40. The van der Waals surface area contributed by atoms with Gasteiger partial charge in [-0.25, -0.2) is 0 Å². The van der Waals surface area contributed by atoms with Crippen LogP contribution in [0.1, 0.15) is 76.7 Å². The number of ether oxygens (including phenoxy) is 1. The van der Waals surface area contributed by atoms with Crippen LogP contribution in [0.4, 0.5) is 0 Å². The van der Waals surface area contributed by atoms with Crippen LogP contribution in [0.5, 0.6) is 0 Å². The molecule has 1 aromatic heterocycles. The maximum absolute atomic E-state index is 5.75. The maximum atomic E-state index is 5.75. The van der Waals surface area contributed by atoms with Crippen molar-refractivity contribution in [2.75, 3.05) is 6.61 Å². The molecule has 5 nitrogen and oxygen atoms in total. The molecule has 0 amide bonds. The van der Waals surface area contributed by atoms with Crippen LogP contribution in [0.3, 0.4) is 0 Å². The lowest BCUT2D eigenvalue weighted by Crippen LogP contribution is -2.30. The summed E-state index contributed by atoms with van der Waals surface area (Å²) in [6.45, 7) is 6.91. The summed E-state index contributed by atoms with van der Waals surface area (Å²) in [5, 5.41) is 7.85. The zero-order chi connectivity index (χ0) is 14.8. The lowest BCUT2D eigenvalue weighted by molar-refractivity contribution is 0.0217. The molecule has 2 fully saturated rings. The molecule has 5 heteroatoms. The highest BCUT2D eigenvalue weighted by Gasteiger charge is 2.38. The molecule has 0 bridgehead atoms. The Balaban J connectivity index is 1.70. The van der Waals surface area contributed by atoms with Gasteiger partial charge in [0.25, 0.3) is 0 Å². The fourth-order valence-corrected chi connectivity index (χ4v) is 3.76. The minimum absolute atomic E-state index is 0.0730. The van der Waals surface area contributed by atoms with Crippen LogP contribution in [0, 0.1) is 11.8 Å². The van der Waals surface area contributed by atoms with Gasteiger partial charge in [0.05, 0.1) is 6.04 Å². The molecule has 118 valence electrons. The average molecular weight is 293 g/mol. The number of hydrogen-bond acceptors (Lipinski definition) is 5. The number of nitrogens with zero attached hydrogens (tertiary/aromatic N) is 2. The predicted octanol–water partition coefficient (Wildman–Crippen LogP) is 3.40. The van der Waals surface area contributed by atoms with Crippen molar-refractivity contribution in [3.8, 4) is 0 Å². The van der Waals surface area contributed by atoms with E-state index in [1.165, 1.54) is 25.7 Å². The molecule has 1 saturated carbocycles. The maximum Gasteiger partial charge on any atom is 0.243 e. The Hall–Kier alpha value is -0.940. The largest absolute Gasteiger partial charge is 0.370 e. The summed E-state index contributed by atoms with van der Waals surface area (Å²) in [7, 11) is 0. The summed E-state index contributed by atoms with van der Waals surface area (Å²) in [6.07, 6.45) is 6.39. The molecule has 1 N–H and O–H groups in total. The second-order valence-corrected chi connectivity index (χ2v) is 6.72. The van der Waals surface area contributed by atoms with Gasteiger partial charge >= 0.3 is 0 Å². The minimum Gasteiger partial charge on any atom is -0.370 e. The van der Waals surface area contributed by atoms with Gasteiger partial charge in [-0.3, -0.25) is 0 Å². The summed E-state index contributed by atoms with van der Waals surface area (Å²) in [4.78, 5) is 4.63. The van der Waals surface area contributed by atoms with E-state index in [2.05, 4.69) is 29.3 Å². The zero-order valence-corrected chi connectivity index (χ0v) is 13.3. The summed E-state index contributed by atoms with van der Waals surface area (Å²) in [6, 6.07) is 0.876. The lowest BCUT2D eigenvalue weighted by atomic mass is 9.85. The van der Waals surface area contributed by atoms with E-state index in [1.807, 2.05) is 6.92 Å². The Morgan fingerprint density at radius 1 is 1.33 bits per heavy atom. The van der Waals surface area contributed by atoms with E-state index in [4.69, 9.17) is 9.26 Å². The van der Waals surface area contributed by atoms with Crippen molar-refractivity contribution < 1.29 is 9.26 Å². The third-order valence-electron chi connectivity index (χ3n) is 4.82. The molecule has 4 unspecified atom stereocenters. The fourth-order valence-electron chi connectivity index (χ4n) is 3.76. The van der Waals surface area contributed by atoms with Gasteiger partial charge in [-0.2, -0.15) is 4.98 Å². The first-order chi connectivity index (χ1) is 10.2. The standard InChI is InChI=1S/C16H27N3O2/c1-4-20-14(10(2)3)15-18-16(21-19-15)13-9-11-7-5-6-8-12(11)17-13/h10-14,17H,4-9H2,1-3H3. The molecule has 21 heavy (non-hydrogen) atoms. The number of hydrogen-bond donors (Lipinski definition) is 1. The highest BCUT2D eigenvalue weighted by molar-refractivity contribution is 5.03. The van der Waals surface area contributed by atoms with Crippen molar-refractivity contribution in [1.29, 1.82) is 0 Å². The van der Waals surface area contributed by atoms with Crippen LogP contribution in [-0.4, -0.2) is 22.8 Å². The second-order valence-electron chi connectivity index (χ2n) is 6.72. The molecular weight excluding hydrogens is 266 g/mol. The third kappa shape index (κ3) is 3.14. The number of aromatic nitrogens is 2. The molecule has 2 heterocycles. The van der Waals surface area contributed by atoms with Gasteiger partial charge in [-0.1, -0.05) is 31.8 Å². The summed E-state index contributed by atoms with van der Waals surface area (Å²) >= 11 is 0. The Bertz CT molecular complexity index is 446. The van der Waals surface area contributed by atoms with Gasteiger partial charge in [0, 0.05) is 12.6 Å². The van der Waals surface area contributed by atoms with Crippen LogP contribution < -0.4 is 5.32 Å². The van der Waals surface area contributed by atoms with Gasteiger partial charge in [0.2, 0.25) is 11.7 Å². The first-order valence-corrected chi connectivity index (χ1v) is 8.40. The van der Waals surface area contributed by atoms with Crippen molar-refractivity contribution in [1.82, 2.24) is 15.5 Å². The van der Waals surface area contributed by atoms with Crippen LogP contribution in [0.25, 0.3) is 0 Å². The molecule has 1 aliphatic heterocycles. The molecule has 1 aromatic rings. The Kier molecular flexibility index (Phi) is 4.60. The Labute approximate surface area is 126 Å². The van der Waals surface area contributed by atoms with Gasteiger partial charge in [0.1, 0.15) is 6.10 Å². The Morgan fingerprint density at radius 3 is 2.86 bits per heavy atom. The van der Waals surface area contributed by atoms with E-state index in [0.29, 0.717) is 24.4 Å². The van der Waals surface area contributed by atoms with Crippen LogP contribution in [0.15, 0.2) is 4.52 Å². The van der Waals surface area contributed by atoms with Crippen molar-refractivity contribution in [3.63, 3.8) is 0 Å². The molecule has 0 aromatic carbocycles. The van der Waals surface area contributed by atoms with Crippen LogP contribution in [-0.2, 0) is 4.74 Å². The number of fused-ring (bicyclic) bond motifs is 1. The van der Waals surface area contributed by atoms with Gasteiger partial charge in [-0.05, 0) is 38.0 Å². The predicted molar refractivity (Wildman–Crippen MR) is 79.7 cm³/mol. The van der Waals surface area contributed by atoms with E-state index in [1.54, 1.807) is 0 Å². The van der Waals surface area contributed by atoms with Crippen LogP contribution in [0.2, 0.25) is 0 Å². The minimum atomic E-state index is -0.0730. The molecule has 4 atom stereocenters. The van der Waals surface area contributed by atoms with Gasteiger partial charge < -0.3 is 14.6 Å². The first kappa shape index (κ1) is 15.0. The highest BCUT2D eigenvalue weighted by atomic mass is 16.5. The zero-order valence-electron chi connectivity index (χ0n) is 13.3. The quantitative estimate of drug-likeness (QED) is 0.901. The molecule has 1 aliphatic carbocycles. The molecule has 0 spiro atoms. The van der Waals surface area contributed by atoms with E-state index in [9.17, 15) is 0 Å². The van der Waals surface area contributed by atoms with E-state index in [-0.39, 0.29) is 12.1 Å². The van der Waals surface area contributed by atoms with E-state index < -0.39 is 0 Å². The van der Waals surface area contributed by atoms with Gasteiger partial charge in [0.15, 0.2) is 0 Å². The monoisotopic (exact) mass is 293 g/mol. The fraction of sp³-hybridized carbons (Fsp3) is 0.875. The Morgan fingerprint density at radius 2 is 2.14 bits per heavy atom. The number of nitrogens with one attached hydrogen (secondary N) is 1. The average Bonchev–Trinajstić information content (AvgIpc) is 3.10. The molecular formula is C16H27N3O2. The van der Waals surface area contributed by atoms with Crippen LogP contribution >= 0.6 is 0 Å². The van der Waals surface area contributed by atoms with Crippen molar-refractivity contribution >= 4 is 0 Å². The molecule has 0 radical (unpaired) electrons. The van der Waals surface area contributed by atoms with Crippen molar-refractivity contribution in [2.45, 2.75) is 71.1 Å². The number of rotatable bonds is 5. The topological polar surface area (TPSA) is 60.2 Å². The SMILES string of the molecule is CCOC(c1noc(C2CC3CCCCC3N2)n1)C(C)C. The van der Waals surface area contributed by atoms with Crippen molar-refractivity contribution in [3.05, 3.63) is 11.7 Å².